The molecule has 8 heteroatoms. The summed E-state index contributed by atoms with van der Waals surface area (Å²) in [7, 11) is 1.74. The van der Waals surface area contributed by atoms with Gasteiger partial charge in [-0.05, 0) is 5.56 Å². The lowest BCUT2D eigenvalue weighted by molar-refractivity contribution is -0.135. The second-order valence-corrected chi connectivity index (χ2v) is 7.16. The minimum absolute atomic E-state index is 0.0305. The maximum Gasteiger partial charge on any atom is 0.312 e. The van der Waals surface area contributed by atoms with Crippen molar-refractivity contribution in [2.24, 2.45) is 7.05 Å². The molecule has 2 aromatic heterocycles. The van der Waals surface area contributed by atoms with E-state index in [2.05, 4.69) is 5.10 Å². The molecule has 0 radical (unpaired) electrons. The van der Waals surface area contributed by atoms with Crippen molar-refractivity contribution >= 4 is 16.9 Å². The lowest BCUT2D eigenvalue weighted by atomic mass is 9.86. The van der Waals surface area contributed by atoms with E-state index in [-0.39, 0.29) is 23.1 Å². The number of benzene rings is 2. The number of nitrogens with zero attached hydrogens (tertiary/aromatic N) is 2. The molecule has 3 heterocycles. The van der Waals surface area contributed by atoms with E-state index in [1.54, 1.807) is 36.3 Å². The molecular formula is C22H16N2O6. The first-order chi connectivity index (χ1) is 14.4. The van der Waals surface area contributed by atoms with E-state index in [4.69, 9.17) is 9.15 Å². The number of phenols is 2. The van der Waals surface area contributed by atoms with Crippen molar-refractivity contribution in [1.29, 1.82) is 0 Å². The van der Waals surface area contributed by atoms with Crippen molar-refractivity contribution in [3.05, 3.63) is 70.1 Å². The molecule has 0 amide bonds. The molecule has 8 nitrogen and oxygen atoms in total. The number of hydrogen-bond donors (Lipinski definition) is 2. The third-order valence-corrected chi connectivity index (χ3v) is 5.23. The van der Waals surface area contributed by atoms with Gasteiger partial charge in [0.15, 0.2) is 16.9 Å². The second kappa shape index (κ2) is 6.48. The van der Waals surface area contributed by atoms with Gasteiger partial charge in [-0.3, -0.25) is 14.3 Å². The zero-order valence-electron chi connectivity index (χ0n) is 15.8. The van der Waals surface area contributed by atoms with Crippen LogP contribution in [-0.4, -0.2) is 26.0 Å². The summed E-state index contributed by atoms with van der Waals surface area (Å²) < 4.78 is 12.9. The van der Waals surface area contributed by atoms with Gasteiger partial charge in [0, 0.05) is 30.8 Å². The van der Waals surface area contributed by atoms with Crippen LogP contribution in [0.25, 0.3) is 22.3 Å². The predicted octanol–water partition coefficient (Wildman–Crippen LogP) is 3.05. The minimum Gasteiger partial charge on any atom is -0.504 e. The second-order valence-electron chi connectivity index (χ2n) is 7.16. The average Bonchev–Trinajstić information content (AvgIpc) is 3.17. The molecule has 1 aliphatic heterocycles. The summed E-state index contributed by atoms with van der Waals surface area (Å²) in [6, 6.07) is 10.3. The molecule has 0 bridgehead atoms. The van der Waals surface area contributed by atoms with Gasteiger partial charge < -0.3 is 19.4 Å². The summed E-state index contributed by atoms with van der Waals surface area (Å²) in [5.41, 5.74) is 1.22. The minimum atomic E-state index is -0.684. The maximum absolute atomic E-state index is 12.9. The number of phenolic OH excluding ortho intramolecular Hbond substituents is 2. The Morgan fingerprint density at radius 3 is 2.60 bits per heavy atom. The van der Waals surface area contributed by atoms with E-state index in [1.807, 2.05) is 18.2 Å². The lowest BCUT2D eigenvalue weighted by Gasteiger charge is -2.25. The number of rotatable bonds is 2. The Bertz CT molecular complexity index is 1370. The van der Waals surface area contributed by atoms with Gasteiger partial charge >= 0.3 is 5.97 Å². The summed E-state index contributed by atoms with van der Waals surface area (Å²) >= 11 is 0. The molecule has 1 aliphatic rings. The fourth-order valence-corrected chi connectivity index (χ4v) is 3.86. The SMILES string of the molecule is Cn1cc(C2CC(=O)Oc3c(O)c(O)c4c(=O)cc(-c5ccccc5)oc4c32)cn1. The normalized spacial score (nSPS) is 15.8. The van der Waals surface area contributed by atoms with Gasteiger partial charge in [0.2, 0.25) is 5.75 Å². The first-order valence-electron chi connectivity index (χ1n) is 9.24. The summed E-state index contributed by atoms with van der Waals surface area (Å²) in [5.74, 6) is -2.42. The van der Waals surface area contributed by atoms with Crippen LogP contribution in [0.2, 0.25) is 0 Å². The molecule has 4 aromatic rings. The predicted molar refractivity (Wildman–Crippen MR) is 107 cm³/mol. The molecule has 0 fully saturated rings. The number of aromatic nitrogens is 2. The molecule has 2 aromatic carbocycles. The van der Waals surface area contributed by atoms with E-state index in [9.17, 15) is 19.8 Å². The van der Waals surface area contributed by atoms with Crippen LogP contribution in [-0.2, 0) is 11.8 Å². The fraction of sp³-hybridized carbons (Fsp3) is 0.136. The summed E-state index contributed by atoms with van der Waals surface area (Å²) in [4.78, 5) is 25.1. The van der Waals surface area contributed by atoms with Crippen molar-refractivity contribution in [3.63, 3.8) is 0 Å². The molecular weight excluding hydrogens is 388 g/mol. The average molecular weight is 404 g/mol. The van der Waals surface area contributed by atoms with Crippen LogP contribution in [0.3, 0.4) is 0 Å². The Morgan fingerprint density at radius 2 is 1.90 bits per heavy atom. The summed E-state index contributed by atoms with van der Waals surface area (Å²) in [6.45, 7) is 0. The fourth-order valence-electron chi connectivity index (χ4n) is 3.86. The van der Waals surface area contributed by atoms with Crippen LogP contribution >= 0.6 is 0 Å². The van der Waals surface area contributed by atoms with Gasteiger partial charge in [0.25, 0.3) is 0 Å². The molecule has 150 valence electrons. The Hall–Kier alpha value is -4.07. The number of carbonyl (C=O) groups excluding carboxylic acids is 1. The lowest BCUT2D eigenvalue weighted by Crippen LogP contribution is -2.22. The molecule has 1 unspecified atom stereocenters. The van der Waals surface area contributed by atoms with Gasteiger partial charge in [-0.25, -0.2) is 0 Å². The first-order valence-corrected chi connectivity index (χ1v) is 9.24. The third-order valence-electron chi connectivity index (χ3n) is 5.23. The number of aryl methyl sites for hydroxylation is 1. The number of ether oxygens (including phenoxy) is 1. The highest BCUT2D eigenvalue weighted by Crippen LogP contribution is 2.52. The van der Waals surface area contributed by atoms with E-state index in [1.165, 1.54) is 6.07 Å². The van der Waals surface area contributed by atoms with Gasteiger partial charge in [0.1, 0.15) is 16.7 Å². The van der Waals surface area contributed by atoms with E-state index in [0.717, 1.165) is 0 Å². The zero-order chi connectivity index (χ0) is 21.0. The number of aromatic hydroxyl groups is 2. The molecule has 0 aliphatic carbocycles. The molecule has 1 atom stereocenters. The highest BCUT2D eigenvalue weighted by molar-refractivity contribution is 5.96. The topological polar surface area (TPSA) is 115 Å². The van der Waals surface area contributed by atoms with Crippen molar-refractivity contribution in [2.45, 2.75) is 12.3 Å². The Balaban J connectivity index is 1.88. The Morgan fingerprint density at radius 1 is 1.13 bits per heavy atom. The smallest absolute Gasteiger partial charge is 0.312 e. The van der Waals surface area contributed by atoms with Crippen molar-refractivity contribution < 1.29 is 24.2 Å². The van der Waals surface area contributed by atoms with Crippen LogP contribution in [0.5, 0.6) is 17.2 Å². The van der Waals surface area contributed by atoms with E-state index in [0.29, 0.717) is 22.5 Å². The zero-order valence-corrected chi connectivity index (χ0v) is 15.8. The van der Waals surface area contributed by atoms with Gasteiger partial charge in [-0.15, -0.1) is 0 Å². The van der Waals surface area contributed by atoms with Gasteiger partial charge in [-0.1, -0.05) is 30.3 Å². The van der Waals surface area contributed by atoms with Crippen LogP contribution in [0.4, 0.5) is 0 Å². The third kappa shape index (κ3) is 2.65. The summed E-state index contributed by atoms with van der Waals surface area (Å²) in [5, 5.41) is 25.0. The van der Waals surface area contributed by atoms with Crippen molar-refractivity contribution in [2.75, 3.05) is 0 Å². The number of carbonyl (C=O) groups is 1. The quantitative estimate of drug-likeness (QED) is 0.300. The van der Waals surface area contributed by atoms with Gasteiger partial charge in [0.05, 0.1) is 18.2 Å². The number of hydrogen-bond acceptors (Lipinski definition) is 7. The van der Waals surface area contributed by atoms with Crippen LogP contribution in [0.1, 0.15) is 23.5 Å². The molecule has 0 spiro atoms. The number of fused-ring (bicyclic) bond motifs is 3. The highest BCUT2D eigenvalue weighted by Gasteiger charge is 2.37. The van der Waals surface area contributed by atoms with Crippen LogP contribution in [0, 0.1) is 0 Å². The molecule has 2 N–H and O–H groups in total. The monoisotopic (exact) mass is 404 g/mol. The largest absolute Gasteiger partial charge is 0.504 e. The van der Waals surface area contributed by atoms with E-state index >= 15 is 0 Å². The molecule has 5 rings (SSSR count). The molecule has 0 saturated carbocycles. The first kappa shape index (κ1) is 18.0. The van der Waals surface area contributed by atoms with E-state index < -0.39 is 28.8 Å². The van der Waals surface area contributed by atoms with Crippen LogP contribution < -0.4 is 10.2 Å². The van der Waals surface area contributed by atoms with Gasteiger partial charge in [-0.2, -0.15) is 5.10 Å². The Labute approximate surface area is 169 Å². The summed E-state index contributed by atoms with van der Waals surface area (Å²) in [6.07, 6.45) is 3.31. The highest BCUT2D eigenvalue weighted by atomic mass is 16.5. The standard InChI is InChI=1S/C22H16N2O6/c1-24-10-12(9-23-24)13-7-16(26)30-22-17(13)21-18(19(27)20(22)28)14(25)8-15(29-21)11-5-3-2-4-6-11/h2-6,8-10,13,27-28H,7H2,1H3. The maximum atomic E-state index is 12.9. The van der Waals surface area contributed by atoms with Crippen molar-refractivity contribution in [3.8, 4) is 28.6 Å². The molecule has 0 saturated heterocycles. The molecule has 30 heavy (non-hydrogen) atoms. The Kier molecular flexibility index (Phi) is 3.89. The van der Waals surface area contributed by atoms with Crippen LogP contribution in [0.15, 0.2) is 58.0 Å². The van der Waals surface area contributed by atoms with Crippen molar-refractivity contribution in [1.82, 2.24) is 9.78 Å². The number of esters is 1.